The van der Waals surface area contributed by atoms with Crippen LogP contribution in [0, 0.1) is 13.8 Å². The zero-order valence-electron chi connectivity index (χ0n) is 21.0. The Morgan fingerprint density at radius 3 is 2.53 bits per heavy atom. The van der Waals surface area contributed by atoms with Gasteiger partial charge >= 0.3 is 0 Å². The molecule has 0 spiro atoms. The molecule has 0 saturated carbocycles. The summed E-state index contributed by atoms with van der Waals surface area (Å²) in [6.07, 6.45) is 0. The summed E-state index contributed by atoms with van der Waals surface area (Å²) in [6, 6.07) is 14.0. The Labute approximate surface area is 210 Å². The molecule has 8 heteroatoms. The molecule has 1 aliphatic rings. The van der Waals surface area contributed by atoms with Gasteiger partial charge < -0.3 is 18.8 Å². The lowest BCUT2D eigenvalue weighted by Crippen LogP contribution is -2.38. The fourth-order valence-electron chi connectivity index (χ4n) is 4.14. The number of carbonyl (C=O) groups is 3. The van der Waals surface area contributed by atoms with Gasteiger partial charge in [-0.2, -0.15) is 0 Å². The summed E-state index contributed by atoms with van der Waals surface area (Å²) in [5, 5.41) is 0. The third-order valence-electron chi connectivity index (χ3n) is 6.15. The number of hydrogen-bond donors (Lipinski definition) is 0. The average molecular weight is 491 g/mol. The van der Waals surface area contributed by atoms with Crippen LogP contribution < -0.4 is 14.4 Å². The SMILES string of the molecule is CCN(CC)C(=O)c1ccc(CN2C(=O)COc3ccc(C(=O)COc4ccc(C)cc4C)cc32)o1. The molecule has 0 saturated heterocycles. The predicted octanol–water partition coefficient (Wildman–Crippen LogP) is 4.57. The fraction of sp³-hybridized carbons (Fsp3) is 0.321. The monoisotopic (exact) mass is 490 g/mol. The summed E-state index contributed by atoms with van der Waals surface area (Å²) in [6.45, 7) is 8.74. The van der Waals surface area contributed by atoms with Crippen LogP contribution in [0.15, 0.2) is 52.9 Å². The highest BCUT2D eigenvalue weighted by molar-refractivity contribution is 6.02. The van der Waals surface area contributed by atoms with Crippen molar-refractivity contribution in [1.29, 1.82) is 0 Å². The van der Waals surface area contributed by atoms with E-state index >= 15 is 0 Å². The molecule has 188 valence electrons. The van der Waals surface area contributed by atoms with Crippen molar-refractivity contribution in [3.05, 3.63) is 76.7 Å². The summed E-state index contributed by atoms with van der Waals surface area (Å²) < 4.78 is 17.1. The minimum absolute atomic E-state index is 0.109. The van der Waals surface area contributed by atoms with E-state index in [1.54, 1.807) is 35.2 Å². The number of nitrogens with zero attached hydrogens (tertiary/aromatic N) is 2. The Kier molecular flexibility index (Phi) is 7.43. The van der Waals surface area contributed by atoms with Gasteiger partial charge in [-0.15, -0.1) is 0 Å². The van der Waals surface area contributed by atoms with Gasteiger partial charge in [0.2, 0.25) is 0 Å². The van der Waals surface area contributed by atoms with Crippen LogP contribution in [0.1, 0.15) is 51.6 Å². The van der Waals surface area contributed by atoms with E-state index in [9.17, 15) is 14.4 Å². The third kappa shape index (κ3) is 5.27. The molecular formula is C28H30N2O6. The zero-order valence-corrected chi connectivity index (χ0v) is 21.0. The van der Waals surface area contributed by atoms with E-state index in [2.05, 4.69) is 0 Å². The zero-order chi connectivity index (χ0) is 25.8. The van der Waals surface area contributed by atoms with E-state index in [4.69, 9.17) is 13.9 Å². The number of furan rings is 1. The number of ketones is 1. The van der Waals surface area contributed by atoms with Crippen molar-refractivity contribution in [3.8, 4) is 11.5 Å². The first-order valence-corrected chi connectivity index (χ1v) is 12.0. The highest BCUT2D eigenvalue weighted by atomic mass is 16.5. The second kappa shape index (κ2) is 10.7. The number of carbonyl (C=O) groups excluding carboxylic acids is 3. The standard InChI is InChI=1S/C28H30N2O6/c1-5-29(6-2)28(33)26-12-9-21(36-26)15-30-22-14-20(8-11-25(22)35-17-27(30)32)23(31)16-34-24-10-7-18(3)13-19(24)4/h7-14H,5-6,15-17H2,1-4H3. The van der Waals surface area contributed by atoms with Gasteiger partial charge in [-0.25, -0.2) is 0 Å². The number of amides is 2. The number of ether oxygens (including phenoxy) is 2. The van der Waals surface area contributed by atoms with E-state index in [0.29, 0.717) is 41.6 Å². The number of Topliss-reactive ketones (excluding diaryl/α,β-unsaturated/α-hetero) is 1. The second-order valence-electron chi connectivity index (χ2n) is 8.68. The van der Waals surface area contributed by atoms with Crippen molar-refractivity contribution in [2.45, 2.75) is 34.2 Å². The molecule has 0 radical (unpaired) electrons. The summed E-state index contributed by atoms with van der Waals surface area (Å²) in [5.74, 6) is 1.14. The summed E-state index contributed by atoms with van der Waals surface area (Å²) in [7, 11) is 0. The van der Waals surface area contributed by atoms with Crippen molar-refractivity contribution >= 4 is 23.3 Å². The van der Waals surface area contributed by atoms with E-state index < -0.39 is 0 Å². The van der Waals surface area contributed by atoms with Crippen LogP contribution in [0.2, 0.25) is 0 Å². The van der Waals surface area contributed by atoms with Crippen LogP contribution in [0.3, 0.4) is 0 Å². The molecule has 0 bridgehead atoms. The van der Waals surface area contributed by atoms with Gasteiger partial charge in [0.15, 0.2) is 24.8 Å². The molecule has 36 heavy (non-hydrogen) atoms. The number of fused-ring (bicyclic) bond motifs is 1. The lowest BCUT2D eigenvalue weighted by atomic mass is 10.1. The van der Waals surface area contributed by atoms with Crippen molar-refractivity contribution in [2.75, 3.05) is 31.2 Å². The molecule has 0 aliphatic carbocycles. The minimum atomic E-state index is -0.272. The Balaban J connectivity index is 1.51. The fourth-order valence-corrected chi connectivity index (χ4v) is 4.14. The van der Waals surface area contributed by atoms with Gasteiger partial charge in [-0.3, -0.25) is 19.3 Å². The Morgan fingerprint density at radius 2 is 1.81 bits per heavy atom. The Morgan fingerprint density at radius 1 is 1.03 bits per heavy atom. The maximum atomic E-state index is 12.9. The molecule has 2 aromatic carbocycles. The minimum Gasteiger partial charge on any atom is -0.485 e. The maximum Gasteiger partial charge on any atom is 0.289 e. The highest BCUT2D eigenvalue weighted by Gasteiger charge is 2.28. The molecule has 1 aliphatic heterocycles. The third-order valence-corrected chi connectivity index (χ3v) is 6.15. The molecule has 0 atom stereocenters. The van der Waals surface area contributed by atoms with Gasteiger partial charge in [0.05, 0.1) is 12.2 Å². The molecule has 0 fully saturated rings. The van der Waals surface area contributed by atoms with E-state index in [1.807, 2.05) is 45.9 Å². The quantitative estimate of drug-likeness (QED) is 0.409. The normalized spacial score (nSPS) is 12.7. The van der Waals surface area contributed by atoms with Crippen LogP contribution in [-0.4, -0.2) is 48.8 Å². The van der Waals surface area contributed by atoms with Crippen molar-refractivity contribution in [2.24, 2.45) is 0 Å². The topological polar surface area (TPSA) is 89.3 Å². The van der Waals surface area contributed by atoms with Gasteiger partial charge in [0.1, 0.15) is 17.3 Å². The lowest BCUT2D eigenvalue weighted by molar-refractivity contribution is -0.121. The lowest BCUT2D eigenvalue weighted by Gasteiger charge is -2.29. The molecule has 8 nitrogen and oxygen atoms in total. The number of rotatable bonds is 9. The predicted molar refractivity (Wildman–Crippen MR) is 135 cm³/mol. The number of anilines is 1. The molecule has 4 rings (SSSR count). The van der Waals surface area contributed by atoms with Crippen LogP contribution in [-0.2, 0) is 11.3 Å². The maximum absolute atomic E-state index is 12.9. The highest BCUT2D eigenvalue weighted by Crippen LogP contribution is 2.34. The van der Waals surface area contributed by atoms with Crippen molar-refractivity contribution < 1.29 is 28.3 Å². The van der Waals surface area contributed by atoms with E-state index in [1.165, 1.54) is 4.90 Å². The number of benzene rings is 2. The molecule has 1 aromatic heterocycles. The smallest absolute Gasteiger partial charge is 0.289 e. The van der Waals surface area contributed by atoms with Gasteiger partial charge in [0, 0.05) is 18.7 Å². The first kappa shape index (κ1) is 25.0. The second-order valence-corrected chi connectivity index (χ2v) is 8.68. The van der Waals surface area contributed by atoms with Crippen LogP contribution in [0.5, 0.6) is 11.5 Å². The number of aryl methyl sites for hydroxylation is 2. The summed E-state index contributed by atoms with van der Waals surface area (Å²) in [4.78, 5) is 41.4. The Bertz CT molecular complexity index is 1290. The van der Waals surface area contributed by atoms with Crippen LogP contribution in [0.25, 0.3) is 0 Å². The number of hydrogen-bond acceptors (Lipinski definition) is 6. The first-order chi connectivity index (χ1) is 17.3. The molecule has 0 N–H and O–H groups in total. The Hall–Kier alpha value is -4.07. The van der Waals surface area contributed by atoms with Crippen LogP contribution in [0.4, 0.5) is 5.69 Å². The first-order valence-electron chi connectivity index (χ1n) is 12.0. The van der Waals surface area contributed by atoms with Gasteiger partial charge in [0.25, 0.3) is 11.8 Å². The molecular weight excluding hydrogens is 460 g/mol. The average Bonchev–Trinajstić information content (AvgIpc) is 3.34. The van der Waals surface area contributed by atoms with Gasteiger partial charge in [-0.1, -0.05) is 17.7 Å². The largest absolute Gasteiger partial charge is 0.485 e. The molecule has 2 amide bonds. The molecule has 0 unspecified atom stereocenters. The van der Waals surface area contributed by atoms with Crippen LogP contribution >= 0.6 is 0 Å². The molecule has 2 heterocycles. The molecule has 3 aromatic rings. The van der Waals surface area contributed by atoms with Crippen molar-refractivity contribution in [3.63, 3.8) is 0 Å². The summed E-state index contributed by atoms with van der Waals surface area (Å²) in [5.41, 5.74) is 2.94. The van der Waals surface area contributed by atoms with E-state index in [-0.39, 0.29) is 43.1 Å². The summed E-state index contributed by atoms with van der Waals surface area (Å²) >= 11 is 0. The van der Waals surface area contributed by atoms with Gasteiger partial charge in [-0.05, 0) is 69.7 Å². The van der Waals surface area contributed by atoms with Crippen molar-refractivity contribution in [1.82, 2.24) is 4.90 Å². The van der Waals surface area contributed by atoms with E-state index in [0.717, 1.165) is 11.1 Å².